The summed E-state index contributed by atoms with van der Waals surface area (Å²) < 4.78 is 87.8. The average molecular weight is 906 g/mol. The number of ether oxygens (including phenoxy) is 2. The van der Waals surface area contributed by atoms with E-state index in [1.165, 1.54) is 7.11 Å². The Bertz CT molecular complexity index is 2790. The number of aromatic nitrogens is 3. The van der Waals surface area contributed by atoms with Crippen LogP contribution < -0.4 is 14.2 Å². The maximum Gasteiger partial charge on any atom is 0.438 e. The number of aliphatic hydroxyl groups is 1. The lowest BCUT2D eigenvalue weighted by molar-refractivity contribution is -0.143. The van der Waals surface area contributed by atoms with Crippen LogP contribution in [0.3, 0.4) is 0 Å². The van der Waals surface area contributed by atoms with Crippen LogP contribution in [0.4, 0.5) is 13.2 Å². The second-order valence-electron chi connectivity index (χ2n) is 17.0. The van der Waals surface area contributed by atoms with Gasteiger partial charge in [0.15, 0.2) is 5.58 Å². The molecule has 9 rings (SSSR count). The zero-order chi connectivity index (χ0) is 44.4. The molecular weight excluding hydrogens is 863 g/mol. The molecule has 2 aliphatic carbocycles. The Labute approximate surface area is 366 Å². The van der Waals surface area contributed by atoms with Gasteiger partial charge in [-0.05, 0) is 92.4 Å². The lowest BCUT2D eigenvalue weighted by atomic mass is 9.95. The molecule has 2 aliphatic heterocycles. The lowest BCUT2D eigenvalue weighted by Gasteiger charge is -2.21. The van der Waals surface area contributed by atoms with Crippen molar-refractivity contribution < 1.29 is 45.4 Å². The number of hydrogen-bond donors (Lipinski definition) is 2. The van der Waals surface area contributed by atoms with Crippen molar-refractivity contribution in [1.29, 1.82) is 5.26 Å². The van der Waals surface area contributed by atoms with E-state index in [9.17, 15) is 36.8 Å². The Kier molecular flexibility index (Phi) is 11.1. The summed E-state index contributed by atoms with van der Waals surface area (Å²) in [5.41, 5.74) is 3.83. The SMILES string of the molecule is COc1nc(O[C@@H]2CCc3c(-c4cccc(-c5nc6cc(CN7CC[C@@H](C(=O)NS(=O)(=O)C8(C)CC8)C7)cc(C#N)c6o5)c4Cl)cccc32)c(C(F)(F)F)nc1CN1CC[C@@H](O)C1. The van der Waals surface area contributed by atoms with Gasteiger partial charge in [0.1, 0.15) is 23.4 Å². The molecule has 0 spiro atoms. The van der Waals surface area contributed by atoms with E-state index in [0.717, 1.165) is 16.7 Å². The Balaban J connectivity index is 0.949. The van der Waals surface area contributed by atoms with Crippen LogP contribution in [0.15, 0.2) is 52.9 Å². The van der Waals surface area contributed by atoms with Gasteiger partial charge in [0.05, 0.1) is 40.0 Å². The second-order valence-corrected chi connectivity index (χ2v) is 19.5. The molecule has 3 fully saturated rings. The number of hydrogen-bond acceptors (Lipinski definition) is 13. The number of sulfonamides is 1. The predicted octanol–water partition coefficient (Wildman–Crippen LogP) is 6.96. The molecule has 1 saturated carbocycles. The van der Waals surface area contributed by atoms with E-state index in [-0.39, 0.29) is 35.2 Å². The fourth-order valence-electron chi connectivity index (χ4n) is 8.78. The Morgan fingerprint density at radius 2 is 1.75 bits per heavy atom. The highest BCUT2D eigenvalue weighted by Gasteiger charge is 2.51. The summed E-state index contributed by atoms with van der Waals surface area (Å²) in [7, 11) is -2.43. The van der Waals surface area contributed by atoms with E-state index in [1.54, 1.807) is 42.2 Å². The highest BCUT2D eigenvalue weighted by atomic mass is 35.5. The third-order valence-corrected chi connectivity index (χ3v) is 15.1. The van der Waals surface area contributed by atoms with Gasteiger partial charge in [0.25, 0.3) is 0 Å². The van der Waals surface area contributed by atoms with Gasteiger partial charge in [0.2, 0.25) is 39.3 Å². The number of rotatable bonds is 12. The molecule has 0 unspecified atom stereocenters. The standard InChI is InChI=1S/C44H43ClF3N7O7S/c1-43(13-14-43)63(58,59)53-39(57)25-11-15-54(21-25)20-24-17-26(19-49)37-33(18-24)51-40(62-37)32-8-4-7-31(36(32)45)28-5-3-6-30-29(28)9-10-35(30)61-42-38(44(46,47)48)50-34(41(52-42)60-2)23-55-16-12-27(56)22-55/h3-8,17-18,25,27,35,56H,9-16,20-23H2,1-2H3,(H,53,57)/t25-,27-,35-/m1/s1. The minimum Gasteiger partial charge on any atom is -0.480 e. The number of amides is 1. The number of halogens is 4. The fourth-order valence-corrected chi connectivity index (χ4v) is 10.4. The first kappa shape index (κ1) is 43.0. The van der Waals surface area contributed by atoms with Crippen molar-refractivity contribution >= 4 is 38.6 Å². The van der Waals surface area contributed by atoms with E-state index in [4.69, 9.17) is 30.5 Å². The fraction of sp³-hybridized carbons (Fsp3) is 0.432. The van der Waals surface area contributed by atoms with E-state index >= 15 is 0 Å². The van der Waals surface area contributed by atoms with E-state index < -0.39 is 56.6 Å². The minimum atomic E-state index is -4.87. The highest BCUT2D eigenvalue weighted by Crippen LogP contribution is 2.46. The predicted molar refractivity (Wildman–Crippen MR) is 224 cm³/mol. The molecule has 1 amide bonds. The van der Waals surface area contributed by atoms with Gasteiger partial charge in [-0.15, -0.1) is 0 Å². The summed E-state index contributed by atoms with van der Waals surface area (Å²) in [5, 5.41) is 20.4. The molecule has 3 aromatic carbocycles. The number of methoxy groups -OCH3 is 1. The van der Waals surface area contributed by atoms with Crippen LogP contribution in [0.25, 0.3) is 33.7 Å². The zero-order valence-electron chi connectivity index (χ0n) is 34.3. The number of aliphatic hydroxyl groups excluding tert-OH is 1. The molecule has 63 heavy (non-hydrogen) atoms. The first-order chi connectivity index (χ1) is 30.0. The summed E-state index contributed by atoms with van der Waals surface area (Å²) >= 11 is 7.14. The van der Waals surface area contributed by atoms with Crippen LogP contribution >= 0.6 is 11.6 Å². The van der Waals surface area contributed by atoms with Gasteiger partial charge < -0.3 is 19.0 Å². The number of oxazole rings is 1. The summed E-state index contributed by atoms with van der Waals surface area (Å²) in [5.74, 6) is -1.58. The van der Waals surface area contributed by atoms with Crippen molar-refractivity contribution in [3.8, 4) is 40.4 Å². The van der Waals surface area contributed by atoms with Crippen molar-refractivity contribution in [3.63, 3.8) is 0 Å². The third kappa shape index (κ3) is 8.32. The molecule has 4 aliphatic rings. The number of carbonyl (C=O) groups is 1. The molecule has 19 heteroatoms. The maximum atomic E-state index is 14.5. The number of carbonyl (C=O) groups excluding carboxylic acids is 1. The molecule has 5 aromatic rings. The maximum absolute atomic E-state index is 14.5. The van der Waals surface area contributed by atoms with Crippen LogP contribution in [-0.4, -0.2) is 88.3 Å². The monoisotopic (exact) mass is 905 g/mol. The molecular formula is C44H43ClF3N7O7S. The Morgan fingerprint density at radius 1 is 1.02 bits per heavy atom. The van der Waals surface area contributed by atoms with Crippen LogP contribution in [0.2, 0.25) is 5.02 Å². The number of nitriles is 1. The summed E-state index contributed by atoms with van der Waals surface area (Å²) in [4.78, 5) is 29.6. The first-order valence-electron chi connectivity index (χ1n) is 20.7. The molecule has 2 saturated heterocycles. The quantitative estimate of drug-likeness (QED) is 0.131. The number of nitrogens with zero attached hydrogens (tertiary/aromatic N) is 6. The van der Waals surface area contributed by atoms with Crippen molar-refractivity contribution in [3.05, 3.63) is 87.2 Å². The summed E-state index contributed by atoms with van der Waals surface area (Å²) in [6.45, 7) is 3.78. The highest BCUT2D eigenvalue weighted by molar-refractivity contribution is 7.91. The van der Waals surface area contributed by atoms with Gasteiger partial charge in [-0.3, -0.25) is 19.3 Å². The van der Waals surface area contributed by atoms with Gasteiger partial charge in [-0.2, -0.15) is 23.4 Å². The molecule has 330 valence electrons. The number of nitrogens with one attached hydrogen (secondary N) is 1. The number of likely N-dealkylation sites (tertiary alicyclic amines) is 2. The topological polar surface area (TPSA) is 184 Å². The molecule has 3 atom stereocenters. The van der Waals surface area contributed by atoms with Gasteiger partial charge >= 0.3 is 6.18 Å². The van der Waals surface area contributed by atoms with E-state index in [2.05, 4.69) is 20.8 Å². The van der Waals surface area contributed by atoms with Crippen molar-refractivity contribution in [2.45, 2.75) is 81.7 Å². The van der Waals surface area contributed by atoms with E-state index in [0.29, 0.717) is 98.5 Å². The van der Waals surface area contributed by atoms with Crippen molar-refractivity contribution in [2.75, 3.05) is 33.3 Å². The molecule has 14 nitrogen and oxygen atoms in total. The third-order valence-electron chi connectivity index (χ3n) is 12.5. The Morgan fingerprint density at radius 3 is 2.46 bits per heavy atom. The smallest absolute Gasteiger partial charge is 0.438 e. The van der Waals surface area contributed by atoms with Crippen LogP contribution in [0, 0.1) is 17.2 Å². The Hall–Kier alpha value is -5.32. The summed E-state index contributed by atoms with van der Waals surface area (Å²) in [6, 6.07) is 16.6. The minimum absolute atomic E-state index is 0.00303. The zero-order valence-corrected chi connectivity index (χ0v) is 35.9. The van der Waals surface area contributed by atoms with Crippen molar-refractivity contribution in [2.24, 2.45) is 5.92 Å². The number of alkyl halides is 3. The molecule has 2 aromatic heterocycles. The molecule has 2 N–H and O–H groups in total. The van der Waals surface area contributed by atoms with Gasteiger partial charge in [-0.1, -0.05) is 41.9 Å². The number of β-amino-alcohol motifs (C(OH)–C–C–N with tert-alkyl or cyclic N) is 1. The van der Waals surface area contributed by atoms with Crippen LogP contribution in [0.1, 0.15) is 78.8 Å². The normalized spacial score (nSPS) is 21.1. The van der Waals surface area contributed by atoms with Crippen molar-refractivity contribution in [1.82, 2.24) is 29.5 Å². The molecule has 4 heterocycles. The average Bonchev–Trinajstić information content (AvgIpc) is 3.69. The summed E-state index contributed by atoms with van der Waals surface area (Å²) in [6.07, 6.45) is -3.33. The lowest BCUT2D eigenvalue weighted by Crippen LogP contribution is -2.42. The number of benzene rings is 3. The van der Waals surface area contributed by atoms with Crippen LogP contribution in [-0.2, 0) is 40.5 Å². The first-order valence-corrected chi connectivity index (χ1v) is 22.5. The van der Waals surface area contributed by atoms with E-state index in [1.807, 2.05) is 23.1 Å². The largest absolute Gasteiger partial charge is 0.480 e. The van der Waals surface area contributed by atoms with Gasteiger partial charge in [0, 0.05) is 38.3 Å². The van der Waals surface area contributed by atoms with Crippen LogP contribution in [0.5, 0.6) is 11.8 Å². The second kappa shape index (κ2) is 16.3. The van der Waals surface area contributed by atoms with Gasteiger partial charge in [-0.25, -0.2) is 18.4 Å². The molecule has 0 bridgehead atoms. The number of fused-ring (bicyclic) bond motifs is 2. The molecule has 0 radical (unpaired) electrons.